The van der Waals surface area contributed by atoms with E-state index in [2.05, 4.69) is 18.6 Å². The van der Waals surface area contributed by atoms with Crippen molar-refractivity contribution in [2.24, 2.45) is 5.92 Å². The minimum atomic E-state index is -3.06. The van der Waals surface area contributed by atoms with Crippen LogP contribution in [0.2, 0.25) is 0 Å². The van der Waals surface area contributed by atoms with Gasteiger partial charge >= 0.3 is 0 Å². The normalized spacial score (nSPS) is 12.8. The Morgan fingerprint density at radius 1 is 1.15 bits per heavy atom. The van der Waals surface area contributed by atoms with Crippen molar-refractivity contribution in [1.82, 2.24) is 4.72 Å². The largest absolute Gasteiger partial charge is 0.215 e. The lowest BCUT2D eigenvalue weighted by Crippen LogP contribution is -2.34. The van der Waals surface area contributed by atoms with Crippen LogP contribution < -0.4 is 4.72 Å². The van der Waals surface area contributed by atoms with Crippen molar-refractivity contribution in [2.75, 3.05) is 6.54 Å². The van der Waals surface area contributed by atoms with E-state index < -0.39 is 10.0 Å². The van der Waals surface area contributed by atoms with E-state index in [0.717, 1.165) is 12.8 Å². The summed E-state index contributed by atoms with van der Waals surface area (Å²) in [5, 5.41) is -0.332. The van der Waals surface area contributed by atoms with E-state index in [-0.39, 0.29) is 5.25 Å². The molecule has 0 saturated heterocycles. The third-order valence-corrected chi connectivity index (χ3v) is 4.16. The molecule has 0 aromatic carbocycles. The number of nitrogens with one attached hydrogen (secondary N) is 1. The molecule has 0 unspecified atom stereocenters. The highest BCUT2D eigenvalue weighted by atomic mass is 32.2. The summed E-state index contributed by atoms with van der Waals surface area (Å²) >= 11 is 0. The molecule has 0 aromatic heterocycles. The molecule has 4 heteroatoms. The Balaban J connectivity index is 4.01. The van der Waals surface area contributed by atoms with Crippen molar-refractivity contribution in [3.05, 3.63) is 0 Å². The minimum Gasteiger partial charge on any atom is -0.215 e. The Hall–Kier alpha value is -0.0900. The van der Waals surface area contributed by atoms with Crippen LogP contribution in [0.4, 0.5) is 0 Å². The zero-order valence-corrected chi connectivity index (χ0v) is 9.82. The van der Waals surface area contributed by atoms with Crippen LogP contribution in [0.25, 0.3) is 0 Å². The first-order valence-corrected chi connectivity index (χ1v) is 6.47. The fourth-order valence-electron chi connectivity index (χ4n) is 0.978. The highest BCUT2D eigenvalue weighted by molar-refractivity contribution is 7.90. The van der Waals surface area contributed by atoms with Gasteiger partial charge in [-0.1, -0.05) is 26.7 Å². The van der Waals surface area contributed by atoms with Gasteiger partial charge in [-0.15, -0.1) is 0 Å². The topological polar surface area (TPSA) is 46.2 Å². The van der Waals surface area contributed by atoms with Gasteiger partial charge in [0.2, 0.25) is 10.0 Å². The van der Waals surface area contributed by atoms with Crippen LogP contribution in [0.5, 0.6) is 0 Å². The second-order valence-electron chi connectivity index (χ2n) is 3.62. The second kappa shape index (κ2) is 5.60. The summed E-state index contributed by atoms with van der Waals surface area (Å²) in [5.41, 5.74) is 0. The molecule has 0 fully saturated rings. The minimum absolute atomic E-state index is 0.332. The summed E-state index contributed by atoms with van der Waals surface area (Å²) in [6.07, 6.45) is 2.05. The quantitative estimate of drug-likeness (QED) is 0.721. The zero-order valence-electron chi connectivity index (χ0n) is 9.00. The first kappa shape index (κ1) is 12.9. The molecule has 0 heterocycles. The molecule has 0 aliphatic rings. The maximum atomic E-state index is 11.4. The Bertz CT molecular complexity index is 218. The monoisotopic (exact) mass is 207 g/mol. The SMILES string of the molecule is CCC(CC)CNS(=O)(=O)C(C)C. The van der Waals surface area contributed by atoms with Gasteiger partial charge in [0.25, 0.3) is 0 Å². The van der Waals surface area contributed by atoms with Gasteiger partial charge in [0.05, 0.1) is 5.25 Å². The van der Waals surface area contributed by atoms with Crippen LogP contribution >= 0.6 is 0 Å². The van der Waals surface area contributed by atoms with E-state index in [9.17, 15) is 8.42 Å². The molecule has 13 heavy (non-hydrogen) atoms. The molecule has 0 aliphatic heterocycles. The van der Waals surface area contributed by atoms with Gasteiger partial charge in [-0.25, -0.2) is 13.1 Å². The van der Waals surface area contributed by atoms with Gasteiger partial charge in [0, 0.05) is 6.54 Å². The van der Waals surface area contributed by atoms with E-state index in [1.54, 1.807) is 13.8 Å². The Morgan fingerprint density at radius 3 is 1.92 bits per heavy atom. The van der Waals surface area contributed by atoms with Crippen LogP contribution in [0, 0.1) is 5.92 Å². The predicted molar refractivity (Wildman–Crippen MR) is 56.1 cm³/mol. The van der Waals surface area contributed by atoms with E-state index in [4.69, 9.17) is 0 Å². The van der Waals surface area contributed by atoms with Crippen LogP contribution in [0.15, 0.2) is 0 Å². The summed E-state index contributed by atoms with van der Waals surface area (Å²) in [4.78, 5) is 0. The van der Waals surface area contributed by atoms with Crippen molar-refractivity contribution in [2.45, 2.75) is 45.8 Å². The van der Waals surface area contributed by atoms with Crippen molar-refractivity contribution in [3.63, 3.8) is 0 Å². The lowest BCUT2D eigenvalue weighted by Gasteiger charge is -2.14. The summed E-state index contributed by atoms with van der Waals surface area (Å²) in [6.45, 7) is 8.12. The van der Waals surface area contributed by atoms with Crippen LogP contribution in [0.3, 0.4) is 0 Å². The molecule has 0 amide bonds. The fourth-order valence-corrected chi connectivity index (χ4v) is 1.78. The number of hydrogen-bond donors (Lipinski definition) is 1. The molecule has 0 spiro atoms. The van der Waals surface area contributed by atoms with Gasteiger partial charge in [0.1, 0.15) is 0 Å². The molecule has 80 valence electrons. The Kier molecular flexibility index (Phi) is 5.56. The van der Waals surface area contributed by atoms with Crippen LogP contribution in [-0.4, -0.2) is 20.2 Å². The summed E-state index contributed by atoms with van der Waals surface area (Å²) < 4.78 is 25.3. The molecule has 0 radical (unpaired) electrons. The van der Waals surface area contributed by atoms with E-state index >= 15 is 0 Å². The molecule has 3 nitrogen and oxygen atoms in total. The maximum Gasteiger partial charge on any atom is 0.213 e. The van der Waals surface area contributed by atoms with Gasteiger partial charge < -0.3 is 0 Å². The van der Waals surface area contributed by atoms with Gasteiger partial charge in [-0.3, -0.25) is 0 Å². The molecule has 0 bridgehead atoms. The van der Waals surface area contributed by atoms with Gasteiger partial charge in [-0.2, -0.15) is 0 Å². The Morgan fingerprint density at radius 2 is 1.62 bits per heavy atom. The van der Waals surface area contributed by atoms with Crippen molar-refractivity contribution >= 4 is 10.0 Å². The number of rotatable bonds is 6. The molecule has 0 saturated carbocycles. The first-order valence-electron chi connectivity index (χ1n) is 4.92. The van der Waals surface area contributed by atoms with E-state index in [1.165, 1.54) is 0 Å². The molecule has 0 atom stereocenters. The van der Waals surface area contributed by atoms with Crippen LogP contribution in [0.1, 0.15) is 40.5 Å². The molecule has 1 N–H and O–H groups in total. The van der Waals surface area contributed by atoms with Crippen molar-refractivity contribution in [1.29, 1.82) is 0 Å². The van der Waals surface area contributed by atoms with E-state index in [1.807, 2.05) is 0 Å². The van der Waals surface area contributed by atoms with Crippen LogP contribution in [-0.2, 0) is 10.0 Å². The molecule has 0 rings (SSSR count). The summed E-state index contributed by atoms with van der Waals surface area (Å²) in [5.74, 6) is 0.466. The number of hydrogen-bond acceptors (Lipinski definition) is 2. The third-order valence-electron chi connectivity index (χ3n) is 2.35. The highest BCUT2D eigenvalue weighted by Gasteiger charge is 2.16. The number of sulfonamides is 1. The van der Waals surface area contributed by atoms with Gasteiger partial charge in [-0.05, 0) is 19.8 Å². The lowest BCUT2D eigenvalue weighted by atomic mass is 10.0. The standard InChI is InChI=1S/C9H21NO2S/c1-5-9(6-2)7-10-13(11,12)8(3)4/h8-10H,5-7H2,1-4H3. The third kappa shape index (κ3) is 4.62. The lowest BCUT2D eigenvalue weighted by molar-refractivity contribution is 0.477. The maximum absolute atomic E-state index is 11.4. The summed E-state index contributed by atoms with van der Waals surface area (Å²) in [6, 6.07) is 0. The van der Waals surface area contributed by atoms with Crippen molar-refractivity contribution in [3.8, 4) is 0 Å². The fraction of sp³-hybridized carbons (Fsp3) is 1.00. The molecular weight excluding hydrogens is 186 g/mol. The average molecular weight is 207 g/mol. The average Bonchev–Trinajstić information content (AvgIpc) is 2.06. The first-order chi connectivity index (χ1) is 5.94. The smallest absolute Gasteiger partial charge is 0.213 e. The second-order valence-corrected chi connectivity index (χ2v) is 5.95. The molecule has 0 aliphatic carbocycles. The zero-order chi connectivity index (χ0) is 10.5. The summed E-state index contributed by atoms with van der Waals surface area (Å²) in [7, 11) is -3.06. The van der Waals surface area contributed by atoms with Gasteiger partial charge in [0.15, 0.2) is 0 Å². The highest BCUT2D eigenvalue weighted by Crippen LogP contribution is 2.06. The van der Waals surface area contributed by atoms with Crippen molar-refractivity contribution < 1.29 is 8.42 Å². The van der Waals surface area contributed by atoms with E-state index in [0.29, 0.717) is 12.5 Å². The Labute approximate surface area is 82.0 Å². The predicted octanol–water partition coefficient (Wildman–Crippen LogP) is 1.75. The molecule has 0 aromatic rings. The molecular formula is C9H21NO2S.